The topological polar surface area (TPSA) is 96.6 Å². The van der Waals surface area contributed by atoms with Crippen LogP contribution in [0.1, 0.15) is 12.8 Å². The Kier molecular flexibility index (Phi) is 3.23. The Bertz CT molecular complexity index is 443. The molecule has 1 aromatic heterocycles. The van der Waals surface area contributed by atoms with Crippen molar-refractivity contribution in [3.05, 3.63) is 16.3 Å². The molecule has 0 atom stereocenters. The standard InChI is InChI=1S/C9H11N3O4S/c13-8(14)5-11(4-6-1-2-6)9-10-3-7(17-9)12(15)16/h3,6H,1-2,4-5H2,(H,13,14). The van der Waals surface area contributed by atoms with E-state index < -0.39 is 10.9 Å². The van der Waals surface area contributed by atoms with Gasteiger partial charge in [0.05, 0.1) is 4.92 Å². The molecule has 1 aromatic rings. The molecular formula is C9H11N3O4S. The molecule has 17 heavy (non-hydrogen) atoms. The molecule has 0 radical (unpaired) electrons. The van der Waals surface area contributed by atoms with Crippen LogP contribution in [0, 0.1) is 16.0 Å². The Labute approximate surface area is 101 Å². The monoisotopic (exact) mass is 257 g/mol. The van der Waals surface area contributed by atoms with E-state index in [1.807, 2.05) is 0 Å². The first-order valence-electron chi connectivity index (χ1n) is 5.13. The summed E-state index contributed by atoms with van der Waals surface area (Å²) in [6.07, 6.45) is 3.34. The fourth-order valence-electron chi connectivity index (χ4n) is 1.47. The summed E-state index contributed by atoms with van der Waals surface area (Å²) >= 11 is 0.913. The zero-order chi connectivity index (χ0) is 12.4. The van der Waals surface area contributed by atoms with Gasteiger partial charge in [0.25, 0.3) is 0 Å². The van der Waals surface area contributed by atoms with E-state index in [1.165, 1.54) is 6.20 Å². The van der Waals surface area contributed by atoms with Crippen molar-refractivity contribution >= 4 is 27.4 Å². The third-order valence-electron chi connectivity index (χ3n) is 2.43. The first kappa shape index (κ1) is 11.8. The second-order valence-electron chi connectivity index (χ2n) is 3.96. The summed E-state index contributed by atoms with van der Waals surface area (Å²) < 4.78 is 0. The van der Waals surface area contributed by atoms with Gasteiger partial charge in [-0.15, -0.1) is 0 Å². The molecule has 1 heterocycles. The Morgan fingerprint density at radius 3 is 2.88 bits per heavy atom. The molecule has 8 heteroatoms. The summed E-state index contributed by atoms with van der Waals surface area (Å²) in [5.41, 5.74) is 0. The zero-order valence-corrected chi connectivity index (χ0v) is 9.72. The van der Waals surface area contributed by atoms with E-state index in [4.69, 9.17) is 5.11 Å². The van der Waals surface area contributed by atoms with Crippen LogP contribution < -0.4 is 4.90 Å². The summed E-state index contributed by atoms with van der Waals surface area (Å²) in [5, 5.41) is 19.7. The van der Waals surface area contributed by atoms with Crippen molar-refractivity contribution in [3.8, 4) is 0 Å². The average Bonchev–Trinajstić information content (AvgIpc) is 2.92. The third kappa shape index (κ3) is 3.13. The van der Waals surface area contributed by atoms with Crippen LogP contribution in [0.5, 0.6) is 0 Å². The Morgan fingerprint density at radius 1 is 1.71 bits per heavy atom. The highest BCUT2D eigenvalue weighted by molar-refractivity contribution is 7.18. The number of anilines is 1. The number of aromatic nitrogens is 1. The van der Waals surface area contributed by atoms with Crippen LogP contribution in [0.15, 0.2) is 6.20 Å². The van der Waals surface area contributed by atoms with Crippen LogP contribution in [0.4, 0.5) is 10.1 Å². The molecule has 0 unspecified atom stereocenters. The van der Waals surface area contributed by atoms with Gasteiger partial charge in [-0.3, -0.25) is 14.9 Å². The van der Waals surface area contributed by atoms with Gasteiger partial charge in [-0.2, -0.15) is 0 Å². The molecule has 7 nitrogen and oxygen atoms in total. The summed E-state index contributed by atoms with van der Waals surface area (Å²) in [4.78, 5) is 26.3. The van der Waals surface area contributed by atoms with E-state index >= 15 is 0 Å². The number of carboxylic acid groups (broad SMARTS) is 1. The molecule has 0 spiro atoms. The summed E-state index contributed by atoms with van der Waals surface area (Å²) in [5.74, 6) is -0.458. The van der Waals surface area contributed by atoms with Crippen molar-refractivity contribution in [2.45, 2.75) is 12.8 Å². The van der Waals surface area contributed by atoms with Crippen LogP contribution in [0.2, 0.25) is 0 Å². The molecule has 0 saturated heterocycles. The number of carbonyl (C=O) groups is 1. The van der Waals surface area contributed by atoms with Gasteiger partial charge in [-0.25, -0.2) is 4.98 Å². The van der Waals surface area contributed by atoms with E-state index in [0.29, 0.717) is 17.6 Å². The number of nitrogens with zero attached hydrogens (tertiary/aromatic N) is 3. The van der Waals surface area contributed by atoms with E-state index in [1.54, 1.807) is 4.90 Å². The number of rotatable bonds is 6. The second kappa shape index (κ2) is 4.66. The lowest BCUT2D eigenvalue weighted by Crippen LogP contribution is -2.31. The van der Waals surface area contributed by atoms with E-state index in [0.717, 1.165) is 24.2 Å². The lowest BCUT2D eigenvalue weighted by Gasteiger charge is -2.18. The van der Waals surface area contributed by atoms with E-state index in [9.17, 15) is 14.9 Å². The van der Waals surface area contributed by atoms with Crippen molar-refractivity contribution < 1.29 is 14.8 Å². The maximum Gasteiger partial charge on any atom is 0.345 e. The maximum atomic E-state index is 10.7. The van der Waals surface area contributed by atoms with Crippen molar-refractivity contribution in [2.75, 3.05) is 18.0 Å². The van der Waals surface area contributed by atoms with Crippen molar-refractivity contribution in [3.63, 3.8) is 0 Å². The smallest absolute Gasteiger partial charge is 0.345 e. The predicted molar refractivity (Wildman–Crippen MR) is 61.3 cm³/mol. The van der Waals surface area contributed by atoms with Crippen LogP contribution in [-0.4, -0.2) is 34.1 Å². The first-order chi connectivity index (χ1) is 8.06. The third-order valence-corrected chi connectivity index (χ3v) is 3.44. The van der Waals surface area contributed by atoms with Gasteiger partial charge < -0.3 is 10.0 Å². The number of aliphatic carboxylic acids is 1. The lowest BCUT2D eigenvalue weighted by atomic mass is 10.4. The summed E-state index contributed by atoms with van der Waals surface area (Å²) in [7, 11) is 0. The first-order valence-corrected chi connectivity index (χ1v) is 5.95. The van der Waals surface area contributed by atoms with Crippen molar-refractivity contribution in [2.24, 2.45) is 5.92 Å². The molecule has 0 bridgehead atoms. The molecule has 1 fully saturated rings. The highest BCUT2D eigenvalue weighted by Gasteiger charge is 2.27. The van der Waals surface area contributed by atoms with E-state index in [2.05, 4.69) is 4.98 Å². The van der Waals surface area contributed by atoms with Gasteiger partial charge in [-0.05, 0) is 30.1 Å². The van der Waals surface area contributed by atoms with Gasteiger partial charge in [0.2, 0.25) is 0 Å². The Hall–Kier alpha value is -1.70. The number of nitro groups is 1. The number of hydrogen-bond donors (Lipinski definition) is 1. The largest absolute Gasteiger partial charge is 0.480 e. The SMILES string of the molecule is O=C(O)CN(CC1CC1)c1ncc([N+](=O)[O-])s1. The van der Waals surface area contributed by atoms with Crippen LogP contribution in [-0.2, 0) is 4.79 Å². The molecule has 1 aliphatic carbocycles. The summed E-state index contributed by atoms with van der Waals surface area (Å²) in [6.45, 7) is 0.443. The highest BCUT2D eigenvalue weighted by Crippen LogP contribution is 2.34. The number of thiazole rings is 1. The fraction of sp³-hybridized carbons (Fsp3) is 0.556. The molecule has 0 amide bonds. The average molecular weight is 257 g/mol. The van der Waals surface area contributed by atoms with Crippen LogP contribution in [0.25, 0.3) is 0 Å². The second-order valence-corrected chi connectivity index (χ2v) is 4.94. The normalized spacial score (nSPS) is 14.6. The van der Waals surface area contributed by atoms with Gasteiger partial charge in [0.15, 0.2) is 5.13 Å². The number of carboxylic acids is 1. The van der Waals surface area contributed by atoms with Crippen molar-refractivity contribution in [1.29, 1.82) is 0 Å². The van der Waals surface area contributed by atoms with E-state index in [-0.39, 0.29) is 11.5 Å². The number of hydrogen-bond acceptors (Lipinski definition) is 6. The molecule has 92 valence electrons. The lowest BCUT2D eigenvalue weighted by molar-refractivity contribution is -0.380. The highest BCUT2D eigenvalue weighted by atomic mass is 32.1. The molecule has 1 saturated carbocycles. The molecule has 2 rings (SSSR count). The molecule has 1 aliphatic rings. The molecule has 1 N–H and O–H groups in total. The maximum absolute atomic E-state index is 10.7. The molecule has 0 aliphatic heterocycles. The molecular weight excluding hydrogens is 246 g/mol. The minimum atomic E-state index is -0.955. The van der Waals surface area contributed by atoms with Crippen LogP contribution in [0.3, 0.4) is 0 Å². The van der Waals surface area contributed by atoms with Gasteiger partial charge in [0.1, 0.15) is 12.7 Å². The van der Waals surface area contributed by atoms with Gasteiger partial charge in [-0.1, -0.05) is 0 Å². The Morgan fingerprint density at radius 2 is 2.41 bits per heavy atom. The fourth-order valence-corrected chi connectivity index (χ4v) is 2.21. The summed E-state index contributed by atoms with van der Waals surface area (Å²) in [6, 6.07) is 0. The zero-order valence-electron chi connectivity index (χ0n) is 8.90. The minimum Gasteiger partial charge on any atom is -0.480 e. The van der Waals surface area contributed by atoms with Crippen molar-refractivity contribution in [1.82, 2.24) is 4.98 Å². The van der Waals surface area contributed by atoms with Crippen LogP contribution >= 0.6 is 11.3 Å². The quantitative estimate of drug-likeness (QED) is 0.610. The van der Waals surface area contributed by atoms with Gasteiger partial charge in [0, 0.05) is 6.54 Å². The molecule has 0 aromatic carbocycles. The Balaban J connectivity index is 2.11. The van der Waals surface area contributed by atoms with Gasteiger partial charge >= 0.3 is 11.0 Å². The minimum absolute atomic E-state index is 0.0637. The predicted octanol–water partition coefficient (Wildman–Crippen LogP) is 1.35.